The third-order valence-electron chi connectivity index (χ3n) is 5.73. The van der Waals surface area contributed by atoms with Gasteiger partial charge in [-0.1, -0.05) is 42.7 Å². The van der Waals surface area contributed by atoms with Gasteiger partial charge in [0.2, 0.25) is 0 Å². The lowest BCUT2D eigenvalue weighted by Gasteiger charge is -2.27. The maximum absolute atomic E-state index is 11.6. The maximum Gasteiger partial charge on any atom is 0.132 e. The van der Waals surface area contributed by atoms with Crippen LogP contribution in [0.2, 0.25) is 0 Å². The summed E-state index contributed by atoms with van der Waals surface area (Å²) in [6, 6.07) is 8.69. The number of Topliss-reactive ketones (excluding diaryl/α,β-unsaturated/α-hetero) is 1. The highest BCUT2D eigenvalue weighted by Crippen LogP contribution is 2.35. The molecule has 2 aliphatic rings. The van der Waals surface area contributed by atoms with Crippen LogP contribution in [0.25, 0.3) is 0 Å². The molecule has 1 saturated carbocycles. The number of allylic oxidation sites excluding steroid dienone is 2. The lowest BCUT2D eigenvalue weighted by atomic mass is 9.77. The number of aliphatic imine (C=N–C) groups is 1. The molecule has 2 unspecified atom stereocenters. The van der Waals surface area contributed by atoms with Gasteiger partial charge in [0.1, 0.15) is 5.78 Å². The molecule has 0 amide bonds. The average Bonchev–Trinajstić information content (AvgIpc) is 2.95. The standard InChI is InChI=1S/C22H29NO/c1-15-7-10-19(11-8-15)22-13-16(2)21(23-22)12-9-18-5-4-6-20(14-18)17(3)24/h7-8,10-11,18,20H,4-6,9,12-14H2,1-3H3. The Morgan fingerprint density at radius 3 is 2.62 bits per heavy atom. The molecule has 0 saturated heterocycles. The number of aryl methyl sites for hydroxylation is 1. The van der Waals surface area contributed by atoms with Crippen LogP contribution < -0.4 is 0 Å². The quantitative estimate of drug-likeness (QED) is 0.689. The number of ketones is 1. The summed E-state index contributed by atoms with van der Waals surface area (Å²) in [6.07, 6.45) is 7.92. The molecule has 0 spiro atoms. The van der Waals surface area contributed by atoms with Crippen molar-refractivity contribution in [3.63, 3.8) is 0 Å². The summed E-state index contributed by atoms with van der Waals surface area (Å²) in [6.45, 7) is 6.10. The van der Waals surface area contributed by atoms with E-state index in [0.29, 0.717) is 17.6 Å². The van der Waals surface area contributed by atoms with Crippen molar-refractivity contribution in [2.24, 2.45) is 16.8 Å². The van der Waals surface area contributed by atoms with E-state index in [1.807, 2.05) is 0 Å². The summed E-state index contributed by atoms with van der Waals surface area (Å²) in [5.74, 6) is 1.40. The minimum absolute atomic E-state index is 0.314. The largest absolute Gasteiger partial charge is 0.300 e. The van der Waals surface area contributed by atoms with Crippen molar-refractivity contribution in [2.75, 3.05) is 0 Å². The summed E-state index contributed by atoms with van der Waals surface area (Å²) in [5, 5.41) is 0. The van der Waals surface area contributed by atoms with Gasteiger partial charge in [-0.25, -0.2) is 0 Å². The van der Waals surface area contributed by atoms with Gasteiger partial charge in [0.05, 0.1) is 5.71 Å². The first-order valence-corrected chi connectivity index (χ1v) is 9.36. The number of nitrogens with zero attached hydrogens (tertiary/aromatic N) is 1. The molecule has 2 nitrogen and oxygen atoms in total. The molecule has 2 atom stereocenters. The topological polar surface area (TPSA) is 29.4 Å². The zero-order chi connectivity index (χ0) is 17.1. The maximum atomic E-state index is 11.6. The molecule has 0 aromatic heterocycles. The average molecular weight is 323 g/mol. The molecular formula is C22H29NO. The van der Waals surface area contributed by atoms with E-state index in [0.717, 1.165) is 25.7 Å². The first kappa shape index (κ1) is 17.1. The Hall–Kier alpha value is -1.70. The SMILES string of the molecule is CC(=O)C1CCCC(CCC2=C(C)CC(c3ccc(C)cc3)=N2)C1. The number of hydrogen-bond acceptors (Lipinski definition) is 2. The van der Waals surface area contributed by atoms with Gasteiger partial charge in [0.25, 0.3) is 0 Å². The molecule has 0 radical (unpaired) electrons. The fourth-order valence-corrected chi connectivity index (χ4v) is 4.10. The minimum atomic E-state index is 0.314. The second-order valence-electron chi connectivity index (χ2n) is 7.71. The van der Waals surface area contributed by atoms with E-state index >= 15 is 0 Å². The first-order chi connectivity index (χ1) is 11.5. The third-order valence-corrected chi connectivity index (χ3v) is 5.73. The fraction of sp³-hybridized carbons (Fsp3) is 0.545. The Balaban J connectivity index is 1.59. The Bertz CT molecular complexity index is 666. The number of carbonyl (C=O) groups is 1. The minimum Gasteiger partial charge on any atom is -0.300 e. The highest BCUT2D eigenvalue weighted by atomic mass is 16.1. The lowest BCUT2D eigenvalue weighted by Crippen LogP contribution is -2.21. The fourth-order valence-electron chi connectivity index (χ4n) is 4.10. The summed E-state index contributed by atoms with van der Waals surface area (Å²) >= 11 is 0. The van der Waals surface area contributed by atoms with Crippen LogP contribution in [-0.2, 0) is 4.79 Å². The van der Waals surface area contributed by atoms with E-state index in [-0.39, 0.29) is 0 Å². The Labute approximate surface area is 146 Å². The molecule has 0 bridgehead atoms. The molecule has 24 heavy (non-hydrogen) atoms. The Morgan fingerprint density at radius 2 is 1.92 bits per heavy atom. The molecule has 1 aliphatic carbocycles. The zero-order valence-electron chi connectivity index (χ0n) is 15.3. The van der Waals surface area contributed by atoms with Crippen molar-refractivity contribution in [2.45, 2.75) is 65.7 Å². The molecule has 1 aromatic rings. The van der Waals surface area contributed by atoms with E-state index in [9.17, 15) is 4.79 Å². The second kappa shape index (κ2) is 7.46. The van der Waals surface area contributed by atoms with Gasteiger partial charge >= 0.3 is 0 Å². The van der Waals surface area contributed by atoms with Crippen LogP contribution in [0.4, 0.5) is 0 Å². The summed E-state index contributed by atoms with van der Waals surface area (Å²) in [7, 11) is 0. The van der Waals surface area contributed by atoms with Crippen molar-refractivity contribution in [1.82, 2.24) is 0 Å². The van der Waals surface area contributed by atoms with Crippen LogP contribution >= 0.6 is 0 Å². The number of benzene rings is 1. The van der Waals surface area contributed by atoms with Crippen LogP contribution in [0.1, 0.15) is 69.9 Å². The van der Waals surface area contributed by atoms with Gasteiger partial charge in [0, 0.05) is 18.0 Å². The molecule has 1 aromatic carbocycles. The Morgan fingerprint density at radius 1 is 1.17 bits per heavy atom. The predicted molar refractivity (Wildman–Crippen MR) is 100 cm³/mol. The molecule has 3 rings (SSSR count). The van der Waals surface area contributed by atoms with Crippen molar-refractivity contribution >= 4 is 11.5 Å². The van der Waals surface area contributed by atoms with Crippen LogP contribution in [0.15, 0.2) is 40.5 Å². The third kappa shape index (κ3) is 4.03. The monoisotopic (exact) mass is 323 g/mol. The van der Waals surface area contributed by atoms with Crippen molar-refractivity contribution in [1.29, 1.82) is 0 Å². The predicted octanol–water partition coefficient (Wildman–Crippen LogP) is 5.64. The van der Waals surface area contributed by atoms with Gasteiger partial charge in [-0.2, -0.15) is 0 Å². The second-order valence-corrected chi connectivity index (χ2v) is 7.71. The van der Waals surface area contributed by atoms with E-state index in [4.69, 9.17) is 4.99 Å². The van der Waals surface area contributed by atoms with Gasteiger partial charge in [0.15, 0.2) is 0 Å². The number of rotatable bonds is 5. The van der Waals surface area contributed by atoms with E-state index in [1.165, 1.54) is 47.4 Å². The summed E-state index contributed by atoms with van der Waals surface area (Å²) < 4.78 is 0. The van der Waals surface area contributed by atoms with E-state index in [1.54, 1.807) is 6.92 Å². The normalized spacial score (nSPS) is 24.2. The number of hydrogen-bond donors (Lipinski definition) is 0. The van der Waals surface area contributed by atoms with E-state index < -0.39 is 0 Å². The van der Waals surface area contributed by atoms with Crippen LogP contribution in [-0.4, -0.2) is 11.5 Å². The highest BCUT2D eigenvalue weighted by molar-refractivity contribution is 6.04. The van der Waals surface area contributed by atoms with Crippen LogP contribution in [0, 0.1) is 18.8 Å². The molecule has 1 heterocycles. The molecule has 1 fully saturated rings. The van der Waals surface area contributed by atoms with E-state index in [2.05, 4.69) is 38.1 Å². The van der Waals surface area contributed by atoms with Crippen molar-refractivity contribution in [3.05, 3.63) is 46.7 Å². The molecule has 1 aliphatic heterocycles. The molecule has 128 valence electrons. The van der Waals surface area contributed by atoms with Gasteiger partial charge in [-0.3, -0.25) is 9.79 Å². The Kier molecular flexibility index (Phi) is 5.33. The van der Waals surface area contributed by atoms with Crippen LogP contribution in [0.3, 0.4) is 0 Å². The van der Waals surface area contributed by atoms with Gasteiger partial charge < -0.3 is 0 Å². The van der Waals surface area contributed by atoms with Gasteiger partial charge in [-0.15, -0.1) is 0 Å². The lowest BCUT2D eigenvalue weighted by molar-refractivity contribution is -0.122. The first-order valence-electron chi connectivity index (χ1n) is 9.36. The van der Waals surface area contributed by atoms with Gasteiger partial charge in [-0.05, 0) is 63.5 Å². The summed E-state index contributed by atoms with van der Waals surface area (Å²) in [4.78, 5) is 16.6. The number of carbonyl (C=O) groups excluding carboxylic acids is 1. The summed E-state index contributed by atoms with van der Waals surface area (Å²) in [5.41, 5.74) is 6.47. The molecular weight excluding hydrogens is 294 g/mol. The molecule has 0 N–H and O–H groups in total. The van der Waals surface area contributed by atoms with Crippen molar-refractivity contribution in [3.8, 4) is 0 Å². The zero-order valence-corrected chi connectivity index (χ0v) is 15.3. The molecule has 2 heteroatoms. The van der Waals surface area contributed by atoms with Crippen molar-refractivity contribution < 1.29 is 4.79 Å². The highest BCUT2D eigenvalue weighted by Gasteiger charge is 2.25. The van der Waals surface area contributed by atoms with Crippen LogP contribution in [0.5, 0.6) is 0 Å². The smallest absolute Gasteiger partial charge is 0.132 e.